The molecule has 21 heavy (non-hydrogen) atoms. The molecule has 1 aliphatic rings. The second-order valence-corrected chi connectivity index (χ2v) is 6.06. The molecule has 2 aromatic heterocycles. The van der Waals surface area contributed by atoms with Crippen molar-refractivity contribution in [2.75, 3.05) is 7.05 Å². The van der Waals surface area contributed by atoms with Crippen molar-refractivity contribution in [3.05, 3.63) is 41.6 Å². The molecule has 1 saturated carbocycles. The maximum absolute atomic E-state index is 5.42. The van der Waals surface area contributed by atoms with Crippen molar-refractivity contribution in [3.8, 4) is 0 Å². The zero-order valence-corrected chi connectivity index (χ0v) is 13.0. The Labute approximate surface area is 126 Å². The number of aryl methyl sites for hydroxylation is 1. The molecule has 0 aliphatic heterocycles. The van der Waals surface area contributed by atoms with Crippen molar-refractivity contribution >= 4 is 0 Å². The minimum Gasteiger partial charge on any atom is -0.469 e. The van der Waals surface area contributed by atoms with Gasteiger partial charge in [-0.3, -0.25) is 4.68 Å². The number of furan rings is 1. The summed E-state index contributed by atoms with van der Waals surface area (Å²) < 4.78 is 7.60. The molecule has 114 valence electrons. The molecule has 1 atom stereocenters. The highest BCUT2D eigenvalue weighted by Gasteiger charge is 2.19. The molecule has 2 aromatic rings. The fourth-order valence-corrected chi connectivity index (χ4v) is 3.37. The number of hydrogen-bond acceptors (Lipinski definition) is 3. The number of rotatable bonds is 5. The average Bonchev–Trinajstić information content (AvgIpc) is 3.15. The predicted octanol–water partition coefficient (Wildman–Crippen LogP) is 3.79. The van der Waals surface area contributed by atoms with Gasteiger partial charge >= 0.3 is 0 Å². The number of nitrogens with one attached hydrogen (secondary N) is 1. The fraction of sp³-hybridized carbons (Fsp3) is 0.588. The fourth-order valence-electron chi connectivity index (χ4n) is 3.37. The third kappa shape index (κ3) is 3.21. The summed E-state index contributed by atoms with van der Waals surface area (Å²) in [5.41, 5.74) is 2.38. The normalized spacial score (nSPS) is 18.0. The quantitative estimate of drug-likeness (QED) is 0.909. The van der Waals surface area contributed by atoms with E-state index in [1.165, 1.54) is 37.7 Å². The Hall–Kier alpha value is -1.55. The highest BCUT2D eigenvalue weighted by molar-refractivity contribution is 5.22. The monoisotopic (exact) mass is 287 g/mol. The van der Waals surface area contributed by atoms with Gasteiger partial charge in [0.15, 0.2) is 0 Å². The van der Waals surface area contributed by atoms with Crippen LogP contribution in [0.25, 0.3) is 0 Å². The second kappa shape index (κ2) is 6.48. The van der Waals surface area contributed by atoms with Gasteiger partial charge in [-0.1, -0.05) is 19.3 Å². The maximum atomic E-state index is 5.42. The molecule has 2 heterocycles. The van der Waals surface area contributed by atoms with E-state index in [0.717, 1.165) is 17.9 Å². The Morgan fingerprint density at radius 1 is 1.33 bits per heavy atom. The lowest BCUT2D eigenvalue weighted by Crippen LogP contribution is -2.20. The van der Waals surface area contributed by atoms with Crippen LogP contribution in [-0.2, 0) is 6.42 Å². The summed E-state index contributed by atoms with van der Waals surface area (Å²) in [6.07, 6.45) is 11.4. The van der Waals surface area contributed by atoms with E-state index < -0.39 is 0 Å². The molecule has 0 saturated heterocycles. The van der Waals surface area contributed by atoms with Gasteiger partial charge < -0.3 is 9.73 Å². The number of hydrogen-bond donors (Lipinski definition) is 1. The minimum absolute atomic E-state index is 0.262. The van der Waals surface area contributed by atoms with Crippen LogP contribution in [0.4, 0.5) is 0 Å². The molecule has 1 unspecified atom stereocenters. The van der Waals surface area contributed by atoms with Crippen LogP contribution in [0.3, 0.4) is 0 Å². The Balaban J connectivity index is 1.69. The molecule has 0 radical (unpaired) electrons. The molecule has 1 fully saturated rings. The van der Waals surface area contributed by atoms with Crippen molar-refractivity contribution in [2.24, 2.45) is 0 Å². The van der Waals surface area contributed by atoms with Crippen molar-refractivity contribution in [1.29, 1.82) is 0 Å². The van der Waals surface area contributed by atoms with E-state index in [0.29, 0.717) is 6.04 Å². The molecule has 1 N–H and O–H groups in total. The molecular formula is C17H25N3O. The maximum Gasteiger partial charge on any atom is 0.105 e. The van der Waals surface area contributed by atoms with E-state index >= 15 is 0 Å². The Morgan fingerprint density at radius 3 is 2.81 bits per heavy atom. The average molecular weight is 287 g/mol. The van der Waals surface area contributed by atoms with Crippen molar-refractivity contribution in [1.82, 2.24) is 15.1 Å². The van der Waals surface area contributed by atoms with Crippen LogP contribution in [0.15, 0.2) is 29.0 Å². The summed E-state index contributed by atoms with van der Waals surface area (Å²) in [5.74, 6) is 0.987. The summed E-state index contributed by atoms with van der Waals surface area (Å²) in [5, 5.41) is 8.18. The van der Waals surface area contributed by atoms with Crippen LogP contribution in [0.5, 0.6) is 0 Å². The zero-order chi connectivity index (χ0) is 14.7. The molecule has 1 aliphatic carbocycles. The van der Waals surface area contributed by atoms with Crippen LogP contribution in [0.1, 0.15) is 61.2 Å². The Kier molecular flexibility index (Phi) is 4.44. The van der Waals surface area contributed by atoms with E-state index in [-0.39, 0.29) is 6.04 Å². The summed E-state index contributed by atoms with van der Waals surface area (Å²) in [7, 11) is 2.00. The van der Waals surface area contributed by atoms with Gasteiger partial charge in [0.2, 0.25) is 0 Å². The Morgan fingerprint density at radius 2 is 2.14 bits per heavy atom. The Bertz CT molecular complexity index is 566. The van der Waals surface area contributed by atoms with Gasteiger partial charge in [-0.15, -0.1) is 0 Å². The van der Waals surface area contributed by atoms with Gasteiger partial charge in [0.25, 0.3) is 0 Å². The van der Waals surface area contributed by atoms with Crippen molar-refractivity contribution in [3.63, 3.8) is 0 Å². The molecular weight excluding hydrogens is 262 g/mol. The predicted molar refractivity (Wildman–Crippen MR) is 83.3 cm³/mol. The van der Waals surface area contributed by atoms with E-state index in [1.807, 2.05) is 14.0 Å². The van der Waals surface area contributed by atoms with Gasteiger partial charge in [-0.2, -0.15) is 5.10 Å². The lowest BCUT2D eigenvalue weighted by Gasteiger charge is -2.22. The molecule has 3 rings (SSSR count). The van der Waals surface area contributed by atoms with E-state index in [2.05, 4.69) is 28.3 Å². The van der Waals surface area contributed by atoms with E-state index in [4.69, 9.17) is 9.52 Å². The first-order valence-electron chi connectivity index (χ1n) is 8.03. The summed E-state index contributed by atoms with van der Waals surface area (Å²) >= 11 is 0. The van der Waals surface area contributed by atoms with E-state index in [9.17, 15) is 0 Å². The molecule has 4 heteroatoms. The summed E-state index contributed by atoms with van der Waals surface area (Å²) in [4.78, 5) is 0. The van der Waals surface area contributed by atoms with Crippen LogP contribution in [0.2, 0.25) is 0 Å². The zero-order valence-electron chi connectivity index (χ0n) is 13.0. The first-order chi connectivity index (χ1) is 10.3. The number of aromatic nitrogens is 2. The van der Waals surface area contributed by atoms with Crippen LogP contribution >= 0.6 is 0 Å². The number of nitrogens with zero attached hydrogens (tertiary/aromatic N) is 2. The highest BCUT2D eigenvalue weighted by atomic mass is 16.3. The summed E-state index contributed by atoms with van der Waals surface area (Å²) in [6.45, 7) is 2.01. The number of likely N-dealkylation sites (N-methyl/N-ethyl adjacent to an activating group) is 1. The third-order valence-electron chi connectivity index (χ3n) is 4.65. The molecule has 0 bridgehead atoms. The molecule has 0 amide bonds. The standard InChI is InChI=1S/C17H25N3O/c1-13-16(9-11-21-13)17(18-2)12-14-8-10-20(19-14)15-6-4-3-5-7-15/h8-11,15,17-18H,3-7,12H2,1-2H3. The smallest absolute Gasteiger partial charge is 0.105 e. The van der Waals surface area contributed by atoms with E-state index in [1.54, 1.807) is 6.26 Å². The molecule has 4 nitrogen and oxygen atoms in total. The van der Waals surface area contributed by atoms with Crippen LogP contribution < -0.4 is 5.32 Å². The lowest BCUT2D eigenvalue weighted by atomic mass is 9.96. The second-order valence-electron chi connectivity index (χ2n) is 6.06. The topological polar surface area (TPSA) is 43.0 Å². The minimum atomic E-state index is 0.262. The van der Waals surface area contributed by atoms with Gasteiger partial charge in [0.1, 0.15) is 5.76 Å². The van der Waals surface area contributed by atoms with Crippen LogP contribution in [0, 0.1) is 6.92 Å². The van der Waals surface area contributed by atoms with Crippen molar-refractivity contribution < 1.29 is 4.42 Å². The lowest BCUT2D eigenvalue weighted by molar-refractivity contribution is 0.327. The first-order valence-corrected chi connectivity index (χ1v) is 8.03. The SMILES string of the molecule is CNC(Cc1ccn(C2CCCCC2)n1)c1ccoc1C. The van der Waals surface area contributed by atoms with Gasteiger partial charge in [0.05, 0.1) is 18.0 Å². The van der Waals surface area contributed by atoms with Gasteiger partial charge in [-0.05, 0) is 38.9 Å². The third-order valence-corrected chi connectivity index (χ3v) is 4.65. The van der Waals surface area contributed by atoms with Gasteiger partial charge in [-0.25, -0.2) is 0 Å². The summed E-state index contributed by atoms with van der Waals surface area (Å²) in [6, 6.07) is 5.08. The van der Waals surface area contributed by atoms with Gasteiger partial charge in [0, 0.05) is 24.2 Å². The highest BCUT2D eigenvalue weighted by Crippen LogP contribution is 2.28. The van der Waals surface area contributed by atoms with Crippen molar-refractivity contribution in [2.45, 2.75) is 57.5 Å². The first kappa shape index (κ1) is 14.4. The molecule has 0 aromatic carbocycles. The largest absolute Gasteiger partial charge is 0.469 e. The molecule has 0 spiro atoms. The van der Waals surface area contributed by atoms with Crippen LogP contribution in [-0.4, -0.2) is 16.8 Å².